The van der Waals surface area contributed by atoms with E-state index in [-0.39, 0.29) is 11.0 Å². The van der Waals surface area contributed by atoms with Crippen LogP contribution in [0, 0.1) is 3.57 Å². The molecule has 1 atom stereocenters. The summed E-state index contributed by atoms with van der Waals surface area (Å²) in [7, 11) is 0. The number of thiocarbonyl (C=S) groups is 1. The Morgan fingerprint density at radius 1 is 1.00 bits per heavy atom. The lowest BCUT2D eigenvalue weighted by molar-refractivity contribution is 0.0934. The van der Waals surface area contributed by atoms with Gasteiger partial charge in [0.05, 0.1) is 0 Å². The molecule has 0 aliphatic heterocycles. The van der Waals surface area contributed by atoms with Crippen molar-refractivity contribution >= 4 is 86.3 Å². The second kappa shape index (κ2) is 9.23. The number of hydrogen-bond donors (Lipinski definition) is 3. The van der Waals surface area contributed by atoms with Gasteiger partial charge in [-0.1, -0.05) is 53.0 Å². The van der Waals surface area contributed by atoms with Gasteiger partial charge in [0.15, 0.2) is 5.11 Å². The number of para-hydroxylation sites is 1. The number of anilines is 1. The molecular weight excluding hydrogens is 516 g/mol. The maximum absolute atomic E-state index is 12.4. The maximum Gasteiger partial charge on any atom is 0.252 e. The molecule has 4 nitrogen and oxygen atoms in total. The summed E-state index contributed by atoms with van der Waals surface area (Å²) in [6.45, 7) is 0. The molecule has 0 aliphatic carbocycles. The normalized spacial score (nSPS) is 12.2. The molecule has 0 radical (unpaired) electrons. The van der Waals surface area contributed by atoms with E-state index in [9.17, 15) is 4.79 Å². The predicted molar refractivity (Wildman–Crippen MR) is 117 cm³/mol. The molecule has 3 N–H and O–H groups in total. The van der Waals surface area contributed by atoms with Gasteiger partial charge in [-0.2, -0.15) is 0 Å². The van der Waals surface area contributed by atoms with Gasteiger partial charge in [0, 0.05) is 14.8 Å². The first kappa shape index (κ1) is 20.5. The van der Waals surface area contributed by atoms with E-state index < -0.39 is 9.96 Å². The second-order valence-corrected chi connectivity index (χ2v) is 8.94. The second-order valence-electron chi connectivity index (χ2n) is 4.92. The molecule has 2 aromatic rings. The number of halogens is 4. The summed E-state index contributed by atoms with van der Waals surface area (Å²) >= 11 is 25.3. The van der Waals surface area contributed by atoms with Crippen molar-refractivity contribution in [1.82, 2.24) is 10.6 Å². The maximum atomic E-state index is 12.4. The Morgan fingerprint density at radius 2 is 1.60 bits per heavy atom. The van der Waals surface area contributed by atoms with E-state index in [0.717, 1.165) is 9.26 Å². The number of hydrogen-bond acceptors (Lipinski definition) is 2. The number of rotatable bonds is 4. The lowest BCUT2D eigenvalue weighted by atomic mass is 10.2. The number of alkyl halides is 3. The summed E-state index contributed by atoms with van der Waals surface area (Å²) in [5.41, 5.74) is 1.22. The van der Waals surface area contributed by atoms with Crippen LogP contribution < -0.4 is 16.0 Å². The van der Waals surface area contributed by atoms with Crippen molar-refractivity contribution in [3.63, 3.8) is 0 Å². The largest absolute Gasteiger partial charge is 0.339 e. The van der Waals surface area contributed by atoms with Crippen molar-refractivity contribution in [2.24, 2.45) is 0 Å². The molecule has 0 fully saturated rings. The van der Waals surface area contributed by atoms with Crippen LogP contribution in [0.5, 0.6) is 0 Å². The molecule has 0 aromatic heterocycles. The van der Waals surface area contributed by atoms with E-state index in [4.69, 9.17) is 47.0 Å². The monoisotopic (exact) mass is 527 g/mol. The van der Waals surface area contributed by atoms with E-state index in [0.29, 0.717) is 5.56 Å². The molecular formula is C16H13Cl3IN3OS. The Labute approximate surface area is 179 Å². The molecule has 132 valence electrons. The van der Waals surface area contributed by atoms with Gasteiger partial charge < -0.3 is 16.0 Å². The van der Waals surface area contributed by atoms with Crippen LogP contribution in [0.2, 0.25) is 0 Å². The van der Waals surface area contributed by atoms with Gasteiger partial charge >= 0.3 is 0 Å². The van der Waals surface area contributed by atoms with Gasteiger partial charge in [0.2, 0.25) is 3.79 Å². The SMILES string of the molecule is O=C(N[C@H](NC(=S)Nc1ccccc1)C(Cl)(Cl)Cl)c1ccc(I)cc1. The van der Waals surface area contributed by atoms with Crippen LogP contribution in [0.4, 0.5) is 5.69 Å². The van der Waals surface area contributed by atoms with Crippen molar-refractivity contribution in [1.29, 1.82) is 0 Å². The van der Waals surface area contributed by atoms with E-state index in [1.54, 1.807) is 12.1 Å². The Kier molecular flexibility index (Phi) is 7.57. The highest BCUT2D eigenvalue weighted by Crippen LogP contribution is 2.29. The minimum atomic E-state index is -1.80. The fraction of sp³-hybridized carbons (Fsp3) is 0.125. The third kappa shape index (κ3) is 6.79. The van der Waals surface area contributed by atoms with Crippen LogP contribution in [0.1, 0.15) is 10.4 Å². The van der Waals surface area contributed by atoms with E-state index in [1.165, 1.54) is 0 Å². The number of carbonyl (C=O) groups excluding carboxylic acids is 1. The third-order valence-electron chi connectivity index (χ3n) is 3.02. The van der Waals surface area contributed by atoms with Crippen molar-refractivity contribution in [2.45, 2.75) is 9.96 Å². The Bertz CT molecular complexity index is 739. The highest BCUT2D eigenvalue weighted by Gasteiger charge is 2.34. The molecule has 0 heterocycles. The van der Waals surface area contributed by atoms with Crippen LogP contribution in [0.15, 0.2) is 54.6 Å². The van der Waals surface area contributed by atoms with E-state index >= 15 is 0 Å². The number of benzene rings is 2. The molecule has 25 heavy (non-hydrogen) atoms. The topological polar surface area (TPSA) is 53.2 Å². The summed E-state index contributed by atoms with van der Waals surface area (Å²) in [6, 6.07) is 16.3. The highest BCUT2D eigenvalue weighted by molar-refractivity contribution is 14.1. The minimum absolute atomic E-state index is 0.213. The van der Waals surface area contributed by atoms with Crippen LogP contribution in [-0.2, 0) is 0 Å². The molecule has 0 spiro atoms. The lowest BCUT2D eigenvalue weighted by Crippen LogP contribution is -2.56. The number of carbonyl (C=O) groups is 1. The number of amides is 1. The van der Waals surface area contributed by atoms with E-state index in [1.807, 2.05) is 42.5 Å². The smallest absolute Gasteiger partial charge is 0.252 e. The average molecular weight is 529 g/mol. The lowest BCUT2D eigenvalue weighted by Gasteiger charge is -2.27. The summed E-state index contributed by atoms with van der Waals surface area (Å²) in [5, 5.41) is 8.61. The zero-order chi connectivity index (χ0) is 18.4. The number of nitrogens with one attached hydrogen (secondary N) is 3. The van der Waals surface area contributed by atoms with Crippen LogP contribution in [0.3, 0.4) is 0 Å². The molecule has 0 aliphatic rings. The zero-order valence-corrected chi connectivity index (χ0v) is 17.8. The fourth-order valence-electron chi connectivity index (χ4n) is 1.84. The van der Waals surface area contributed by atoms with Crippen molar-refractivity contribution in [3.8, 4) is 0 Å². The first-order chi connectivity index (χ1) is 11.8. The minimum Gasteiger partial charge on any atom is -0.339 e. The van der Waals surface area contributed by atoms with Gasteiger partial charge in [0.25, 0.3) is 5.91 Å². The van der Waals surface area contributed by atoms with Crippen LogP contribution in [-0.4, -0.2) is 21.0 Å². The van der Waals surface area contributed by atoms with E-state index in [2.05, 4.69) is 38.5 Å². The Morgan fingerprint density at radius 3 is 2.16 bits per heavy atom. The highest BCUT2D eigenvalue weighted by atomic mass is 127. The van der Waals surface area contributed by atoms with Crippen molar-refractivity contribution in [2.75, 3.05) is 5.32 Å². The Hall–Kier alpha value is -0.800. The van der Waals surface area contributed by atoms with Crippen molar-refractivity contribution < 1.29 is 4.79 Å². The van der Waals surface area contributed by atoms with Crippen LogP contribution in [0.25, 0.3) is 0 Å². The molecule has 0 bridgehead atoms. The summed E-state index contributed by atoms with van der Waals surface area (Å²) in [5.74, 6) is -0.386. The first-order valence-electron chi connectivity index (χ1n) is 7.01. The van der Waals surface area contributed by atoms with Crippen LogP contribution >= 0.6 is 69.6 Å². The van der Waals surface area contributed by atoms with Gasteiger partial charge in [-0.15, -0.1) is 0 Å². The molecule has 9 heteroatoms. The zero-order valence-electron chi connectivity index (χ0n) is 12.6. The first-order valence-corrected chi connectivity index (χ1v) is 9.63. The fourth-order valence-corrected chi connectivity index (χ4v) is 2.76. The molecule has 2 aromatic carbocycles. The summed E-state index contributed by atoms with van der Waals surface area (Å²) in [6.07, 6.45) is -1.02. The molecule has 0 unspecified atom stereocenters. The van der Waals surface area contributed by atoms with Gasteiger partial charge in [-0.05, 0) is 71.2 Å². The van der Waals surface area contributed by atoms with Gasteiger partial charge in [0.1, 0.15) is 6.17 Å². The standard InChI is InChI=1S/C16H13Cl3IN3OS/c17-16(18,19)14(22-13(24)10-6-8-11(20)9-7-10)23-15(25)21-12-4-2-1-3-5-12/h1-9,14H,(H,22,24)(H2,21,23,25)/t14-/m1/s1. The van der Waals surface area contributed by atoms with Crippen molar-refractivity contribution in [3.05, 3.63) is 63.7 Å². The quantitative estimate of drug-likeness (QED) is 0.233. The average Bonchev–Trinajstić information content (AvgIpc) is 2.54. The predicted octanol–water partition coefficient (Wildman–Crippen LogP) is 4.70. The molecule has 0 saturated heterocycles. The molecule has 1 amide bonds. The van der Waals surface area contributed by atoms with Gasteiger partial charge in [-0.3, -0.25) is 4.79 Å². The molecule has 2 rings (SSSR count). The molecule has 0 saturated carbocycles. The van der Waals surface area contributed by atoms with Gasteiger partial charge in [-0.25, -0.2) is 0 Å². The third-order valence-corrected chi connectivity index (χ3v) is 4.61. The summed E-state index contributed by atoms with van der Waals surface area (Å²) in [4.78, 5) is 12.4. The summed E-state index contributed by atoms with van der Waals surface area (Å²) < 4.78 is -0.792. The Balaban J connectivity index is 2.04.